The predicted molar refractivity (Wildman–Crippen MR) is 76.9 cm³/mol. The zero-order chi connectivity index (χ0) is 14.2. The van der Waals surface area contributed by atoms with Crippen molar-refractivity contribution in [3.8, 4) is 11.8 Å². The minimum absolute atomic E-state index is 0.203. The van der Waals surface area contributed by atoms with Crippen molar-refractivity contribution in [2.75, 3.05) is 0 Å². The van der Waals surface area contributed by atoms with Gasteiger partial charge in [-0.2, -0.15) is 10.4 Å². The summed E-state index contributed by atoms with van der Waals surface area (Å²) in [5, 5.41) is 14.2. The van der Waals surface area contributed by atoms with Gasteiger partial charge in [0.05, 0.1) is 28.2 Å². The van der Waals surface area contributed by atoms with Crippen LogP contribution in [0.3, 0.4) is 0 Å². The van der Waals surface area contributed by atoms with Gasteiger partial charge >= 0.3 is 0 Å². The average molecular weight is 274 g/mol. The van der Waals surface area contributed by atoms with Crippen molar-refractivity contribution in [2.45, 2.75) is 33.6 Å². The fraction of sp³-hybridized carbons (Fsp3) is 0.333. The SMILES string of the molecule is Cc1cc(C)c(-n2ncc(C#N)c2C(C)C)c(Cl)c1. The van der Waals surface area contributed by atoms with Crippen molar-refractivity contribution in [3.63, 3.8) is 0 Å². The van der Waals surface area contributed by atoms with Gasteiger partial charge in [0, 0.05) is 0 Å². The maximum atomic E-state index is 9.17. The number of hydrogen-bond donors (Lipinski definition) is 0. The summed E-state index contributed by atoms with van der Waals surface area (Å²) < 4.78 is 1.79. The fourth-order valence-electron chi connectivity index (χ4n) is 2.35. The molecule has 0 amide bonds. The van der Waals surface area contributed by atoms with Crippen LogP contribution in [0.1, 0.15) is 42.1 Å². The first-order chi connectivity index (χ1) is 8.95. The summed E-state index contributed by atoms with van der Waals surface area (Å²) in [4.78, 5) is 0. The number of hydrogen-bond acceptors (Lipinski definition) is 2. The first kappa shape index (κ1) is 13.6. The smallest absolute Gasteiger partial charge is 0.103 e. The maximum Gasteiger partial charge on any atom is 0.103 e. The maximum absolute atomic E-state index is 9.17. The summed E-state index contributed by atoms with van der Waals surface area (Å²) in [6.45, 7) is 8.11. The Hall–Kier alpha value is -1.79. The van der Waals surface area contributed by atoms with Crippen LogP contribution in [-0.2, 0) is 0 Å². The molecule has 0 atom stereocenters. The van der Waals surface area contributed by atoms with E-state index in [9.17, 15) is 5.26 Å². The van der Waals surface area contributed by atoms with E-state index in [-0.39, 0.29) is 5.92 Å². The van der Waals surface area contributed by atoms with Gasteiger partial charge in [-0.1, -0.05) is 31.5 Å². The molecule has 98 valence electrons. The molecule has 0 fully saturated rings. The summed E-state index contributed by atoms with van der Waals surface area (Å²) in [5.74, 6) is 0.203. The van der Waals surface area contributed by atoms with Gasteiger partial charge in [-0.05, 0) is 37.0 Å². The third-order valence-corrected chi connectivity index (χ3v) is 3.37. The Morgan fingerprint density at radius 1 is 1.32 bits per heavy atom. The molecule has 0 spiro atoms. The molecule has 0 saturated heterocycles. The van der Waals surface area contributed by atoms with E-state index in [0.717, 1.165) is 22.5 Å². The van der Waals surface area contributed by atoms with E-state index in [4.69, 9.17) is 11.6 Å². The van der Waals surface area contributed by atoms with Crippen molar-refractivity contribution in [3.05, 3.63) is 45.7 Å². The molecule has 2 rings (SSSR count). The van der Waals surface area contributed by atoms with Gasteiger partial charge in [-0.25, -0.2) is 4.68 Å². The number of halogens is 1. The Bertz CT molecular complexity index is 640. The van der Waals surface area contributed by atoms with Crippen LogP contribution >= 0.6 is 11.6 Å². The normalized spacial score (nSPS) is 10.8. The highest BCUT2D eigenvalue weighted by atomic mass is 35.5. The topological polar surface area (TPSA) is 41.6 Å². The molecule has 0 N–H and O–H groups in total. The molecule has 0 aliphatic carbocycles. The molecule has 0 aliphatic heterocycles. The molecule has 0 saturated carbocycles. The van der Waals surface area contributed by atoms with Crippen molar-refractivity contribution in [2.24, 2.45) is 0 Å². The number of nitriles is 1. The molecule has 19 heavy (non-hydrogen) atoms. The van der Waals surface area contributed by atoms with Crippen molar-refractivity contribution in [1.82, 2.24) is 9.78 Å². The molecule has 0 unspecified atom stereocenters. The molecule has 0 bridgehead atoms. The molecule has 3 nitrogen and oxygen atoms in total. The summed E-state index contributed by atoms with van der Waals surface area (Å²) >= 11 is 6.35. The average Bonchev–Trinajstić information content (AvgIpc) is 2.71. The van der Waals surface area contributed by atoms with E-state index in [1.807, 2.05) is 33.8 Å². The molecule has 4 heteroatoms. The third-order valence-electron chi connectivity index (χ3n) is 3.08. The van der Waals surface area contributed by atoms with Crippen LogP contribution < -0.4 is 0 Å². The molecule has 1 aromatic heterocycles. The van der Waals surface area contributed by atoms with E-state index < -0.39 is 0 Å². The lowest BCUT2D eigenvalue weighted by molar-refractivity contribution is 0.730. The Balaban J connectivity index is 2.74. The van der Waals surface area contributed by atoms with Crippen LogP contribution in [0.2, 0.25) is 5.02 Å². The number of nitrogens with zero attached hydrogens (tertiary/aromatic N) is 3. The zero-order valence-corrected chi connectivity index (χ0v) is 12.3. The van der Waals surface area contributed by atoms with Gasteiger partial charge in [0.25, 0.3) is 0 Å². The second kappa shape index (κ2) is 5.07. The van der Waals surface area contributed by atoms with Gasteiger partial charge in [-0.3, -0.25) is 0 Å². The van der Waals surface area contributed by atoms with Crippen LogP contribution in [0.15, 0.2) is 18.3 Å². The van der Waals surface area contributed by atoms with Crippen molar-refractivity contribution < 1.29 is 0 Å². The minimum atomic E-state index is 0.203. The van der Waals surface area contributed by atoms with Crippen LogP contribution in [-0.4, -0.2) is 9.78 Å². The van der Waals surface area contributed by atoms with Gasteiger partial charge in [0.15, 0.2) is 0 Å². The van der Waals surface area contributed by atoms with E-state index in [1.165, 1.54) is 0 Å². The quantitative estimate of drug-likeness (QED) is 0.825. The fourth-order valence-corrected chi connectivity index (χ4v) is 2.76. The first-order valence-corrected chi connectivity index (χ1v) is 6.58. The molecule has 2 aromatic rings. The first-order valence-electron chi connectivity index (χ1n) is 6.20. The van der Waals surface area contributed by atoms with Gasteiger partial charge in [0.1, 0.15) is 6.07 Å². The van der Waals surface area contributed by atoms with E-state index >= 15 is 0 Å². The Kier molecular flexibility index (Phi) is 3.64. The summed E-state index contributed by atoms with van der Waals surface area (Å²) in [6.07, 6.45) is 1.60. The van der Waals surface area contributed by atoms with E-state index in [1.54, 1.807) is 10.9 Å². The minimum Gasteiger partial charge on any atom is -0.234 e. The number of aryl methyl sites for hydroxylation is 2. The molecular formula is C15H16ClN3. The summed E-state index contributed by atoms with van der Waals surface area (Å²) in [5.41, 5.74) is 4.53. The molecule has 1 heterocycles. The molecular weight excluding hydrogens is 258 g/mol. The Morgan fingerprint density at radius 2 is 2.00 bits per heavy atom. The highest BCUT2D eigenvalue weighted by Gasteiger charge is 2.18. The second-order valence-corrected chi connectivity index (χ2v) is 5.44. The predicted octanol–water partition coefficient (Wildman–Crippen LogP) is 4.14. The van der Waals surface area contributed by atoms with Gasteiger partial charge < -0.3 is 0 Å². The second-order valence-electron chi connectivity index (χ2n) is 5.03. The van der Waals surface area contributed by atoms with E-state index in [2.05, 4.69) is 17.2 Å². The van der Waals surface area contributed by atoms with Crippen molar-refractivity contribution in [1.29, 1.82) is 5.26 Å². The Labute approximate surface area is 118 Å². The van der Waals surface area contributed by atoms with Crippen LogP contribution in [0.4, 0.5) is 0 Å². The van der Waals surface area contributed by atoms with Crippen molar-refractivity contribution >= 4 is 11.6 Å². The lowest BCUT2D eigenvalue weighted by Crippen LogP contribution is -2.07. The number of aromatic nitrogens is 2. The monoisotopic (exact) mass is 273 g/mol. The summed E-state index contributed by atoms with van der Waals surface area (Å²) in [6, 6.07) is 6.18. The van der Waals surface area contributed by atoms with Gasteiger partial charge in [-0.15, -0.1) is 0 Å². The third kappa shape index (κ3) is 2.36. The lowest BCUT2D eigenvalue weighted by Gasteiger charge is -2.15. The van der Waals surface area contributed by atoms with Crippen LogP contribution in [0.25, 0.3) is 5.69 Å². The molecule has 0 aliphatic rings. The summed E-state index contributed by atoms with van der Waals surface area (Å²) in [7, 11) is 0. The van der Waals surface area contributed by atoms with Crippen LogP contribution in [0, 0.1) is 25.2 Å². The van der Waals surface area contributed by atoms with Crippen LogP contribution in [0.5, 0.6) is 0 Å². The Morgan fingerprint density at radius 3 is 2.53 bits per heavy atom. The number of rotatable bonds is 2. The number of benzene rings is 1. The largest absolute Gasteiger partial charge is 0.234 e. The highest BCUT2D eigenvalue weighted by molar-refractivity contribution is 6.32. The van der Waals surface area contributed by atoms with E-state index in [0.29, 0.717) is 10.6 Å². The molecule has 0 radical (unpaired) electrons. The highest BCUT2D eigenvalue weighted by Crippen LogP contribution is 2.30. The zero-order valence-electron chi connectivity index (χ0n) is 11.5. The lowest BCUT2D eigenvalue weighted by atomic mass is 10.1. The standard InChI is InChI=1S/C15H16ClN3/c1-9(2)14-12(7-17)8-18-19(14)15-11(4)5-10(3)6-13(15)16/h5-6,8-9H,1-4H3. The van der Waals surface area contributed by atoms with Gasteiger partial charge in [0.2, 0.25) is 0 Å². The molecule has 1 aromatic carbocycles.